The van der Waals surface area contributed by atoms with Gasteiger partial charge in [-0.1, -0.05) is 61.4 Å². The maximum atomic E-state index is 14.5. The number of piperazine rings is 2. The smallest absolute Gasteiger partial charge is 0.380 e. The molecule has 16 nitrogen and oxygen atoms in total. The molecule has 426 valence electrons. The predicted octanol–water partition coefficient (Wildman–Crippen LogP) is 8.63. The van der Waals surface area contributed by atoms with E-state index >= 15 is 0 Å². The van der Waals surface area contributed by atoms with E-state index in [2.05, 4.69) is 66.4 Å². The molecule has 1 aromatic heterocycles. The number of carbonyl (C=O) groups is 3. The standard InChI is InChI=1S/C57H65ClF3N9O7S3/c1-56(2)23-20-48(39-8-12-43(58)13-9-39)42(35-56)37-69-30-32-70(33-31-69)45-14-10-40(11-15-45)54(72)66-80(76,77)47-16-18-50(51(34-47)79(74,75)57(59,60)61)63-44(38-78-46-6-4-3-5-7-46)22-25-67-26-28-68(29-27-67)36-41-21-24-62-65-53(41)49-17-19-52(71)64-55(49)73/h3-16,18,21,24,34,44,49,63H,17,19-20,22-23,25-33,35-38H2,1-2H3,(H,66,72)(H,64,71,73)/t44-,49?/m1/s1. The second-order valence-electron chi connectivity index (χ2n) is 21.6. The van der Waals surface area contributed by atoms with Gasteiger partial charge in [0.05, 0.1) is 22.2 Å². The largest absolute Gasteiger partial charge is 0.501 e. The van der Waals surface area contributed by atoms with Crippen LogP contribution < -0.4 is 20.3 Å². The summed E-state index contributed by atoms with van der Waals surface area (Å²) in [6, 6.07) is 27.4. The molecule has 0 bridgehead atoms. The molecule has 0 radical (unpaired) electrons. The van der Waals surface area contributed by atoms with Crippen LogP contribution in [-0.4, -0.2) is 142 Å². The maximum absolute atomic E-state index is 14.5. The van der Waals surface area contributed by atoms with Gasteiger partial charge in [-0.05, 0) is 127 Å². The number of alkyl halides is 3. The van der Waals surface area contributed by atoms with E-state index in [9.17, 15) is 44.4 Å². The van der Waals surface area contributed by atoms with Gasteiger partial charge in [-0.3, -0.25) is 29.5 Å². The fraction of sp³-hybridized carbons (Fsp3) is 0.421. The molecular formula is C57H65ClF3N9O7S3. The highest BCUT2D eigenvalue weighted by atomic mass is 35.5. The molecule has 1 unspecified atom stereocenters. The predicted molar refractivity (Wildman–Crippen MR) is 304 cm³/mol. The summed E-state index contributed by atoms with van der Waals surface area (Å²) in [5.74, 6) is -2.04. The molecule has 80 heavy (non-hydrogen) atoms. The number of piperidine rings is 1. The number of carbonyl (C=O) groups excluding carboxylic acids is 3. The summed E-state index contributed by atoms with van der Waals surface area (Å²) in [7, 11) is -11.0. The van der Waals surface area contributed by atoms with E-state index in [1.807, 2.05) is 53.3 Å². The normalized spacial score (nSPS) is 19.4. The Morgan fingerprint density at radius 1 is 0.838 bits per heavy atom. The van der Waals surface area contributed by atoms with Crippen molar-refractivity contribution < 1.29 is 44.4 Å². The van der Waals surface area contributed by atoms with Gasteiger partial charge in [0.25, 0.3) is 25.8 Å². The average Bonchev–Trinajstić information content (AvgIpc) is 3.52. The van der Waals surface area contributed by atoms with Gasteiger partial charge in [-0.2, -0.15) is 23.4 Å². The molecule has 4 aromatic carbocycles. The Labute approximate surface area is 474 Å². The number of benzene rings is 4. The molecule has 3 fully saturated rings. The molecule has 23 heteroatoms. The number of nitrogens with one attached hydrogen (secondary N) is 3. The first-order valence-electron chi connectivity index (χ1n) is 26.7. The number of amides is 3. The van der Waals surface area contributed by atoms with Crippen molar-refractivity contribution in [1.82, 2.24) is 34.9 Å². The topological polar surface area (TPSA) is 194 Å². The highest BCUT2D eigenvalue weighted by Crippen LogP contribution is 2.43. The first-order valence-corrected chi connectivity index (χ1v) is 31.0. The van der Waals surface area contributed by atoms with Crippen LogP contribution in [0, 0.1) is 5.41 Å². The van der Waals surface area contributed by atoms with Crippen molar-refractivity contribution in [3.05, 3.63) is 142 Å². The van der Waals surface area contributed by atoms with Crippen LogP contribution in [0.25, 0.3) is 5.57 Å². The number of thioether (sulfide) groups is 1. The van der Waals surface area contributed by atoms with Crippen LogP contribution >= 0.6 is 23.4 Å². The molecule has 9 rings (SSSR count). The first-order chi connectivity index (χ1) is 38.1. The molecule has 0 spiro atoms. The van der Waals surface area contributed by atoms with E-state index in [0.29, 0.717) is 74.6 Å². The summed E-state index contributed by atoms with van der Waals surface area (Å²) in [5.41, 5.74) is 0.166. The number of sulfone groups is 1. The summed E-state index contributed by atoms with van der Waals surface area (Å²) in [5, 5.41) is 14.4. The lowest BCUT2D eigenvalue weighted by Gasteiger charge is -2.39. The van der Waals surface area contributed by atoms with Gasteiger partial charge in [0, 0.05) is 118 Å². The van der Waals surface area contributed by atoms with E-state index in [1.54, 1.807) is 18.3 Å². The summed E-state index contributed by atoms with van der Waals surface area (Å²) in [6.45, 7) is 12.0. The monoisotopic (exact) mass is 1180 g/mol. The van der Waals surface area contributed by atoms with Gasteiger partial charge in [-0.25, -0.2) is 21.6 Å². The Hall–Kier alpha value is -5.88. The van der Waals surface area contributed by atoms with E-state index in [1.165, 1.54) is 40.6 Å². The van der Waals surface area contributed by atoms with Crippen molar-refractivity contribution in [2.45, 2.75) is 91.1 Å². The highest BCUT2D eigenvalue weighted by molar-refractivity contribution is 7.99. The molecular weight excluding hydrogens is 1110 g/mol. The van der Waals surface area contributed by atoms with Gasteiger partial charge in [0.15, 0.2) is 0 Å². The maximum Gasteiger partial charge on any atom is 0.501 e. The van der Waals surface area contributed by atoms with E-state index in [4.69, 9.17) is 11.6 Å². The van der Waals surface area contributed by atoms with E-state index < -0.39 is 64.6 Å². The fourth-order valence-electron chi connectivity index (χ4n) is 10.8. The highest BCUT2D eigenvalue weighted by Gasteiger charge is 2.48. The third-order valence-electron chi connectivity index (χ3n) is 15.3. The van der Waals surface area contributed by atoms with E-state index in [0.717, 1.165) is 80.3 Å². The number of aromatic nitrogens is 2. The van der Waals surface area contributed by atoms with Gasteiger partial charge in [-0.15, -0.1) is 11.8 Å². The first kappa shape index (κ1) is 58.8. The molecule has 2 atom stereocenters. The summed E-state index contributed by atoms with van der Waals surface area (Å²) in [6.07, 6.45) is 5.60. The number of halogens is 4. The Morgan fingerprint density at radius 2 is 1.51 bits per heavy atom. The zero-order chi connectivity index (χ0) is 56.8. The molecule has 3 aliphatic heterocycles. The minimum atomic E-state index is -6.14. The van der Waals surface area contributed by atoms with Crippen molar-refractivity contribution in [3.8, 4) is 0 Å². The van der Waals surface area contributed by atoms with E-state index in [-0.39, 0.29) is 23.3 Å². The second-order valence-corrected chi connectivity index (χ2v) is 26.7. The lowest BCUT2D eigenvalue weighted by molar-refractivity contribution is -0.134. The third-order valence-corrected chi connectivity index (χ3v) is 19.6. The molecule has 3 N–H and O–H groups in total. The van der Waals surface area contributed by atoms with Crippen LogP contribution in [0.3, 0.4) is 0 Å². The Morgan fingerprint density at radius 3 is 2.20 bits per heavy atom. The summed E-state index contributed by atoms with van der Waals surface area (Å²) < 4.78 is 99.6. The third kappa shape index (κ3) is 14.6. The Balaban J connectivity index is 0.839. The number of sulfonamides is 1. The molecule has 4 aliphatic rings. The number of hydrogen-bond donors (Lipinski definition) is 3. The molecule has 3 saturated heterocycles. The average molecular weight is 1180 g/mol. The minimum Gasteiger partial charge on any atom is -0.380 e. The van der Waals surface area contributed by atoms with Crippen molar-refractivity contribution in [3.63, 3.8) is 0 Å². The van der Waals surface area contributed by atoms with Crippen LogP contribution in [0.4, 0.5) is 24.5 Å². The van der Waals surface area contributed by atoms with Crippen molar-refractivity contribution in [2.24, 2.45) is 5.41 Å². The van der Waals surface area contributed by atoms with Crippen molar-refractivity contribution in [1.29, 1.82) is 0 Å². The van der Waals surface area contributed by atoms with Gasteiger partial charge >= 0.3 is 5.51 Å². The molecule has 5 aromatic rings. The second kappa shape index (κ2) is 25.1. The fourth-order valence-corrected chi connectivity index (χ4v) is 14.0. The summed E-state index contributed by atoms with van der Waals surface area (Å²) >= 11 is 7.63. The zero-order valence-corrected chi connectivity index (χ0v) is 47.8. The number of imide groups is 1. The number of hydrogen-bond acceptors (Lipinski definition) is 15. The Bertz CT molecular complexity index is 3300. The van der Waals surface area contributed by atoms with Crippen LogP contribution in [0.5, 0.6) is 0 Å². The molecule has 1 aliphatic carbocycles. The van der Waals surface area contributed by atoms with Crippen LogP contribution in [0.15, 0.2) is 130 Å². The minimum absolute atomic E-state index is 0.0240. The van der Waals surface area contributed by atoms with Gasteiger partial charge < -0.3 is 15.1 Å². The van der Waals surface area contributed by atoms with Crippen molar-refractivity contribution in [2.75, 3.05) is 81.4 Å². The zero-order valence-electron chi connectivity index (χ0n) is 44.6. The van der Waals surface area contributed by atoms with Crippen LogP contribution in [0.2, 0.25) is 5.02 Å². The number of anilines is 2. The molecule has 4 heterocycles. The lowest BCUT2D eigenvalue weighted by atomic mass is 9.73. The van der Waals surface area contributed by atoms with Gasteiger partial charge in [0.2, 0.25) is 11.8 Å². The molecule has 0 saturated carbocycles. The Kier molecular flexibility index (Phi) is 18.4. The number of nitrogens with zero attached hydrogens (tertiary/aromatic N) is 6. The number of rotatable bonds is 19. The van der Waals surface area contributed by atoms with Gasteiger partial charge in [0.1, 0.15) is 4.90 Å². The van der Waals surface area contributed by atoms with Crippen molar-refractivity contribution >= 4 is 77.9 Å². The number of allylic oxidation sites excluding steroid dienone is 1. The summed E-state index contributed by atoms with van der Waals surface area (Å²) in [4.78, 5) is 45.8. The van der Waals surface area contributed by atoms with Crippen LogP contribution in [0.1, 0.15) is 85.5 Å². The molecule has 3 amide bonds. The SMILES string of the molecule is CC1(C)CCC(c2ccc(Cl)cc2)=C(CN2CCN(c3ccc(C(=O)NS(=O)(=O)c4ccc(N[C@H](CCN5CCN(Cc6ccnnc6C6CCC(=O)NC6=O)CC5)CSc5ccccc5)c(S(=O)(=O)C(F)(F)F)c4)cc3)CC2)C1. The van der Waals surface area contributed by atoms with Crippen LogP contribution in [-0.2, 0) is 36.0 Å². The quantitative estimate of drug-likeness (QED) is 0.0525. The lowest BCUT2D eigenvalue weighted by Crippen LogP contribution is -2.47.